The molecule has 2 rings (SSSR count). The molecule has 0 aliphatic rings. The van der Waals surface area contributed by atoms with E-state index in [1.165, 1.54) is 0 Å². The lowest BCUT2D eigenvalue weighted by Gasteiger charge is -2.19. The molecule has 2 amide bonds. The van der Waals surface area contributed by atoms with Gasteiger partial charge in [0.05, 0.1) is 6.04 Å². The van der Waals surface area contributed by atoms with Crippen LogP contribution in [-0.2, 0) is 6.54 Å². The molecule has 2 N–H and O–H groups in total. The first-order valence-electron chi connectivity index (χ1n) is 7.52. The van der Waals surface area contributed by atoms with Gasteiger partial charge in [0, 0.05) is 11.6 Å². The summed E-state index contributed by atoms with van der Waals surface area (Å²) in [6.07, 6.45) is 1.92. The Bertz CT molecular complexity index is 601. The zero-order chi connectivity index (χ0) is 15.8. The fraction of sp³-hybridized carbons (Fsp3) is 0.278. The van der Waals surface area contributed by atoms with Crippen LogP contribution < -0.4 is 10.6 Å². The SMILES string of the molecule is CCCC(NC(=O)NCc1cccc(Cl)c1)c1ccccc1. The fourth-order valence-electron chi connectivity index (χ4n) is 2.33. The summed E-state index contributed by atoms with van der Waals surface area (Å²) in [6.45, 7) is 2.57. The highest BCUT2D eigenvalue weighted by atomic mass is 35.5. The quantitative estimate of drug-likeness (QED) is 0.798. The van der Waals surface area contributed by atoms with Gasteiger partial charge in [0.2, 0.25) is 0 Å². The van der Waals surface area contributed by atoms with E-state index in [4.69, 9.17) is 11.6 Å². The van der Waals surface area contributed by atoms with Crippen molar-refractivity contribution in [2.24, 2.45) is 0 Å². The molecule has 0 aliphatic carbocycles. The Kier molecular flexibility index (Phi) is 6.28. The highest BCUT2D eigenvalue weighted by Gasteiger charge is 2.13. The van der Waals surface area contributed by atoms with Gasteiger partial charge in [-0.3, -0.25) is 0 Å². The summed E-state index contributed by atoms with van der Waals surface area (Å²) in [7, 11) is 0. The van der Waals surface area contributed by atoms with E-state index in [1.54, 1.807) is 0 Å². The summed E-state index contributed by atoms with van der Waals surface area (Å²) in [5.74, 6) is 0. The fourth-order valence-corrected chi connectivity index (χ4v) is 2.55. The average Bonchev–Trinajstić information content (AvgIpc) is 2.53. The molecule has 0 aliphatic heterocycles. The molecule has 0 saturated heterocycles. The lowest BCUT2D eigenvalue weighted by molar-refractivity contribution is 0.236. The molecule has 1 unspecified atom stereocenters. The minimum absolute atomic E-state index is 0.0329. The number of urea groups is 1. The lowest BCUT2D eigenvalue weighted by Crippen LogP contribution is -2.37. The number of amides is 2. The van der Waals surface area contributed by atoms with Gasteiger partial charge in [0.1, 0.15) is 0 Å². The van der Waals surface area contributed by atoms with Gasteiger partial charge in [0.15, 0.2) is 0 Å². The number of rotatable bonds is 6. The Balaban J connectivity index is 1.91. The monoisotopic (exact) mass is 316 g/mol. The third-order valence-corrected chi connectivity index (χ3v) is 3.66. The van der Waals surface area contributed by atoms with E-state index in [2.05, 4.69) is 17.6 Å². The number of carbonyl (C=O) groups excluding carboxylic acids is 1. The Morgan fingerprint density at radius 2 is 1.91 bits per heavy atom. The minimum Gasteiger partial charge on any atom is -0.334 e. The van der Waals surface area contributed by atoms with Crippen molar-refractivity contribution in [3.63, 3.8) is 0 Å². The Labute approximate surface area is 136 Å². The summed E-state index contributed by atoms with van der Waals surface area (Å²) in [5.41, 5.74) is 2.11. The summed E-state index contributed by atoms with van der Waals surface area (Å²) in [6, 6.07) is 17.4. The number of benzene rings is 2. The topological polar surface area (TPSA) is 41.1 Å². The molecule has 0 saturated carbocycles. The molecule has 116 valence electrons. The third kappa shape index (κ3) is 5.08. The van der Waals surface area contributed by atoms with Gasteiger partial charge >= 0.3 is 6.03 Å². The van der Waals surface area contributed by atoms with Crippen LogP contribution in [-0.4, -0.2) is 6.03 Å². The van der Waals surface area contributed by atoms with Gasteiger partial charge in [0.25, 0.3) is 0 Å². The highest BCUT2D eigenvalue weighted by Crippen LogP contribution is 2.18. The van der Waals surface area contributed by atoms with Crippen molar-refractivity contribution in [2.75, 3.05) is 0 Å². The number of hydrogen-bond acceptors (Lipinski definition) is 1. The molecule has 0 heterocycles. The number of nitrogens with one attached hydrogen (secondary N) is 2. The Morgan fingerprint density at radius 3 is 2.59 bits per heavy atom. The number of carbonyl (C=O) groups is 1. The van der Waals surface area contributed by atoms with Gasteiger partial charge in [-0.2, -0.15) is 0 Å². The molecule has 0 fully saturated rings. The van der Waals surface area contributed by atoms with E-state index < -0.39 is 0 Å². The van der Waals surface area contributed by atoms with Gasteiger partial charge < -0.3 is 10.6 Å². The van der Waals surface area contributed by atoms with E-state index in [9.17, 15) is 4.79 Å². The second-order valence-corrected chi connectivity index (χ2v) is 5.65. The van der Waals surface area contributed by atoms with Crippen LogP contribution in [0, 0.1) is 0 Å². The van der Waals surface area contributed by atoms with Gasteiger partial charge in [-0.15, -0.1) is 0 Å². The second-order valence-electron chi connectivity index (χ2n) is 5.21. The van der Waals surface area contributed by atoms with Crippen LogP contribution >= 0.6 is 11.6 Å². The molecular weight excluding hydrogens is 296 g/mol. The van der Waals surface area contributed by atoms with Crippen LogP contribution in [0.25, 0.3) is 0 Å². The third-order valence-electron chi connectivity index (χ3n) is 3.43. The zero-order valence-corrected chi connectivity index (χ0v) is 13.4. The summed E-state index contributed by atoms with van der Waals surface area (Å²) < 4.78 is 0. The van der Waals surface area contributed by atoms with Crippen molar-refractivity contribution in [3.8, 4) is 0 Å². The highest BCUT2D eigenvalue weighted by molar-refractivity contribution is 6.30. The van der Waals surface area contributed by atoms with E-state index in [1.807, 2.05) is 54.6 Å². The molecule has 3 nitrogen and oxygen atoms in total. The van der Waals surface area contributed by atoms with E-state index in [0.717, 1.165) is 24.0 Å². The molecule has 0 aromatic heterocycles. The molecule has 1 atom stereocenters. The van der Waals surface area contributed by atoms with Gasteiger partial charge in [-0.05, 0) is 29.7 Å². The predicted octanol–water partition coefficient (Wildman–Crippen LogP) is 4.68. The first-order chi connectivity index (χ1) is 10.7. The largest absolute Gasteiger partial charge is 0.334 e. The Hall–Kier alpha value is -2.00. The first kappa shape index (κ1) is 16.4. The molecule has 0 radical (unpaired) electrons. The zero-order valence-electron chi connectivity index (χ0n) is 12.7. The molecular formula is C18H21ClN2O. The summed E-state index contributed by atoms with van der Waals surface area (Å²) in [5, 5.41) is 6.59. The van der Waals surface area contributed by atoms with Crippen LogP contribution in [0.3, 0.4) is 0 Å². The van der Waals surface area contributed by atoms with Gasteiger partial charge in [-0.1, -0.05) is 67.4 Å². The maximum absolute atomic E-state index is 12.1. The second kappa shape index (κ2) is 8.44. The minimum atomic E-state index is -0.165. The average molecular weight is 317 g/mol. The predicted molar refractivity (Wildman–Crippen MR) is 90.9 cm³/mol. The van der Waals surface area contributed by atoms with Crippen molar-refractivity contribution >= 4 is 17.6 Å². The lowest BCUT2D eigenvalue weighted by atomic mass is 10.0. The van der Waals surface area contributed by atoms with Crippen LogP contribution in [0.15, 0.2) is 54.6 Å². The summed E-state index contributed by atoms with van der Waals surface area (Å²) >= 11 is 5.94. The van der Waals surface area contributed by atoms with Crippen LogP contribution in [0.2, 0.25) is 5.02 Å². The first-order valence-corrected chi connectivity index (χ1v) is 7.90. The molecule has 0 bridgehead atoms. The van der Waals surface area contributed by atoms with Crippen molar-refractivity contribution in [3.05, 3.63) is 70.7 Å². The maximum Gasteiger partial charge on any atom is 0.315 e. The van der Waals surface area contributed by atoms with E-state index in [0.29, 0.717) is 11.6 Å². The normalized spacial score (nSPS) is 11.7. The molecule has 22 heavy (non-hydrogen) atoms. The smallest absolute Gasteiger partial charge is 0.315 e. The van der Waals surface area contributed by atoms with Gasteiger partial charge in [-0.25, -0.2) is 4.79 Å². The molecule has 0 spiro atoms. The molecule has 2 aromatic rings. The summed E-state index contributed by atoms with van der Waals surface area (Å²) in [4.78, 5) is 12.1. The van der Waals surface area contributed by atoms with Crippen molar-refractivity contribution in [2.45, 2.75) is 32.4 Å². The number of hydrogen-bond donors (Lipinski definition) is 2. The Morgan fingerprint density at radius 1 is 1.14 bits per heavy atom. The van der Waals surface area contributed by atoms with Crippen molar-refractivity contribution in [1.29, 1.82) is 0 Å². The van der Waals surface area contributed by atoms with Crippen LogP contribution in [0.4, 0.5) is 4.79 Å². The molecule has 4 heteroatoms. The number of halogens is 1. The van der Waals surface area contributed by atoms with Crippen molar-refractivity contribution < 1.29 is 4.79 Å². The molecule has 2 aromatic carbocycles. The van der Waals surface area contributed by atoms with Crippen molar-refractivity contribution in [1.82, 2.24) is 10.6 Å². The van der Waals surface area contributed by atoms with Crippen LogP contribution in [0.5, 0.6) is 0 Å². The van der Waals surface area contributed by atoms with E-state index >= 15 is 0 Å². The van der Waals surface area contributed by atoms with Crippen LogP contribution in [0.1, 0.15) is 36.9 Å². The standard InChI is InChI=1S/C18H21ClN2O/c1-2-7-17(15-9-4-3-5-10-15)21-18(22)20-13-14-8-6-11-16(19)12-14/h3-6,8-12,17H,2,7,13H2,1H3,(H2,20,21,22). The van der Waals surface area contributed by atoms with E-state index in [-0.39, 0.29) is 12.1 Å². The maximum atomic E-state index is 12.1.